The average Bonchev–Trinajstić information content (AvgIpc) is 2.83. The lowest BCUT2D eigenvalue weighted by atomic mass is 10.0. The molecule has 1 amide bonds. The van der Waals surface area contributed by atoms with E-state index < -0.39 is 0 Å². The summed E-state index contributed by atoms with van der Waals surface area (Å²) in [4.78, 5) is 20.7. The lowest BCUT2D eigenvalue weighted by Crippen LogP contribution is -2.56. The van der Waals surface area contributed by atoms with Crippen molar-refractivity contribution in [1.82, 2.24) is 25.3 Å². The minimum Gasteiger partial charge on any atom is -0.340 e. The Morgan fingerprint density at radius 3 is 2.55 bits per heavy atom. The van der Waals surface area contributed by atoms with E-state index in [1.807, 2.05) is 11.8 Å². The fourth-order valence-electron chi connectivity index (χ4n) is 2.69. The second kappa shape index (κ2) is 5.49. The van der Waals surface area contributed by atoms with Gasteiger partial charge in [-0.1, -0.05) is 5.16 Å². The van der Waals surface area contributed by atoms with Gasteiger partial charge in [0.2, 0.25) is 11.8 Å². The highest BCUT2D eigenvalue weighted by molar-refractivity contribution is 5.80. The van der Waals surface area contributed by atoms with Gasteiger partial charge < -0.3 is 14.7 Å². The van der Waals surface area contributed by atoms with Crippen molar-refractivity contribution in [3.05, 3.63) is 11.7 Å². The molecule has 7 heteroatoms. The van der Waals surface area contributed by atoms with Gasteiger partial charge in [-0.2, -0.15) is 4.98 Å². The summed E-state index contributed by atoms with van der Waals surface area (Å²) < 4.78 is 5.23. The zero-order chi connectivity index (χ0) is 14.1. The molecule has 2 aliphatic heterocycles. The number of carbonyl (C=O) groups is 1. The number of carbonyl (C=O) groups excluding carboxylic acids is 1. The van der Waals surface area contributed by atoms with Crippen LogP contribution < -0.4 is 5.32 Å². The van der Waals surface area contributed by atoms with Crippen LogP contribution in [0, 0.1) is 12.8 Å². The molecule has 2 aliphatic rings. The van der Waals surface area contributed by atoms with Gasteiger partial charge in [0.25, 0.3) is 0 Å². The molecule has 0 bridgehead atoms. The maximum atomic E-state index is 12.2. The molecular formula is C13H21N5O2. The first-order valence-electron chi connectivity index (χ1n) is 7.19. The topological polar surface area (TPSA) is 74.5 Å². The van der Waals surface area contributed by atoms with Gasteiger partial charge in [0.05, 0.1) is 12.0 Å². The first-order chi connectivity index (χ1) is 9.65. The van der Waals surface area contributed by atoms with Crippen LogP contribution in [0.2, 0.25) is 0 Å². The van der Waals surface area contributed by atoms with Crippen molar-refractivity contribution in [1.29, 1.82) is 0 Å². The summed E-state index contributed by atoms with van der Waals surface area (Å²) >= 11 is 0. The quantitative estimate of drug-likeness (QED) is 0.826. The fraction of sp³-hybridized carbons (Fsp3) is 0.769. The van der Waals surface area contributed by atoms with Crippen molar-refractivity contribution in [2.75, 3.05) is 39.3 Å². The number of aryl methyl sites for hydroxylation is 1. The number of piperazine rings is 1. The van der Waals surface area contributed by atoms with Gasteiger partial charge in [-0.25, -0.2) is 0 Å². The number of hydrogen-bond acceptors (Lipinski definition) is 6. The molecule has 1 unspecified atom stereocenters. The van der Waals surface area contributed by atoms with Crippen LogP contribution in [0.15, 0.2) is 4.52 Å². The smallest absolute Gasteiger partial charge is 0.243 e. The highest BCUT2D eigenvalue weighted by Gasteiger charge is 2.32. The van der Waals surface area contributed by atoms with Crippen LogP contribution in [0.3, 0.4) is 0 Å². The third kappa shape index (κ3) is 2.55. The molecule has 2 fully saturated rings. The van der Waals surface area contributed by atoms with Crippen molar-refractivity contribution >= 4 is 5.91 Å². The molecule has 20 heavy (non-hydrogen) atoms. The molecule has 0 spiro atoms. The Balaban J connectivity index is 1.54. The Morgan fingerprint density at radius 1 is 1.35 bits per heavy atom. The molecule has 0 aromatic carbocycles. The van der Waals surface area contributed by atoms with Crippen molar-refractivity contribution in [2.45, 2.75) is 19.9 Å². The molecule has 2 saturated heterocycles. The third-order valence-corrected chi connectivity index (χ3v) is 4.21. The summed E-state index contributed by atoms with van der Waals surface area (Å²) in [6.45, 7) is 8.83. The number of nitrogens with zero attached hydrogens (tertiary/aromatic N) is 4. The van der Waals surface area contributed by atoms with E-state index in [0.717, 1.165) is 39.3 Å². The standard InChI is InChI=1S/C13H21N5O2/c1-9(12-15-10(2)16-20-12)17-3-5-18(6-4-17)13(19)11-7-14-8-11/h9,11,14H,3-8H2,1-2H3. The Hall–Kier alpha value is -1.47. The van der Waals surface area contributed by atoms with E-state index in [0.29, 0.717) is 17.6 Å². The minimum absolute atomic E-state index is 0.110. The van der Waals surface area contributed by atoms with Crippen LogP contribution in [0.4, 0.5) is 0 Å². The summed E-state index contributed by atoms with van der Waals surface area (Å²) in [6.07, 6.45) is 0. The highest BCUT2D eigenvalue weighted by Crippen LogP contribution is 2.21. The summed E-state index contributed by atoms with van der Waals surface area (Å²) in [6, 6.07) is 0.110. The summed E-state index contributed by atoms with van der Waals surface area (Å²) in [5.41, 5.74) is 0. The van der Waals surface area contributed by atoms with Crippen LogP contribution in [0.25, 0.3) is 0 Å². The van der Waals surface area contributed by atoms with Gasteiger partial charge in [-0.05, 0) is 13.8 Å². The molecule has 1 N–H and O–H groups in total. The minimum atomic E-state index is 0.110. The van der Waals surface area contributed by atoms with Crippen molar-refractivity contribution in [3.63, 3.8) is 0 Å². The number of amides is 1. The summed E-state index contributed by atoms with van der Waals surface area (Å²) in [5.74, 6) is 1.81. The van der Waals surface area contributed by atoms with Gasteiger partial charge in [0.15, 0.2) is 5.82 Å². The third-order valence-electron chi connectivity index (χ3n) is 4.21. The Kier molecular flexibility index (Phi) is 3.71. The SMILES string of the molecule is Cc1noc(C(C)N2CCN(C(=O)C3CNC3)CC2)n1. The molecule has 0 aliphatic carbocycles. The van der Waals surface area contributed by atoms with E-state index in [-0.39, 0.29) is 12.0 Å². The number of aromatic nitrogens is 2. The molecule has 110 valence electrons. The van der Waals surface area contributed by atoms with E-state index in [2.05, 4.69) is 27.3 Å². The van der Waals surface area contributed by atoms with Gasteiger partial charge in [0, 0.05) is 39.3 Å². The van der Waals surface area contributed by atoms with Crippen LogP contribution in [0.5, 0.6) is 0 Å². The maximum absolute atomic E-state index is 12.2. The van der Waals surface area contributed by atoms with Gasteiger partial charge in [0.1, 0.15) is 0 Å². The van der Waals surface area contributed by atoms with E-state index in [1.54, 1.807) is 0 Å². The molecular weight excluding hydrogens is 258 g/mol. The number of hydrogen-bond donors (Lipinski definition) is 1. The molecule has 1 aromatic rings. The van der Waals surface area contributed by atoms with Crippen molar-refractivity contribution in [3.8, 4) is 0 Å². The molecule has 3 heterocycles. The summed E-state index contributed by atoms with van der Waals surface area (Å²) in [7, 11) is 0. The Labute approximate surface area is 118 Å². The van der Waals surface area contributed by atoms with E-state index in [9.17, 15) is 4.79 Å². The Bertz CT molecular complexity index is 477. The fourth-order valence-corrected chi connectivity index (χ4v) is 2.69. The second-order valence-corrected chi connectivity index (χ2v) is 5.57. The maximum Gasteiger partial charge on any atom is 0.243 e. The second-order valence-electron chi connectivity index (χ2n) is 5.57. The van der Waals surface area contributed by atoms with Gasteiger partial charge >= 0.3 is 0 Å². The lowest BCUT2D eigenvalue weighted by molar-refractivity contribution is -0.139. The van der Waals surface area contributed by atoms with E-state index in [1.165, 1.54) is 0 Å². The monoisotopic (exact) mass is 279 g/mol. The largest absolute Gasteiger partial charge is 0.340 e. The van der Waals surface area contributed by atoms with Gasteiger partial charge in [-0.15, -0.1) is 0 Å². The average molecular weight is 279 g/mol. The van der Waals surface area contributed by atoms with Crippen LogP contribution in [0.1, 0.15) is 24.7 Å². The normalized spacial score (nSPS) is 22.6. The molecule has 0 radical (unpaired) electrons. The van der Waals surface area contributed by atoms with E-state index >= 15 is 0 Å². The number of nitrogens with one attached hydrogen (secondary N) is 1. The molecule has 3 rings (SSSR count). The van der Waals surface area contributed by atoms with Crippen LogP contribution in [-0.4, -0.2) is 65.1 Å². The zero-order valence-electron chi connectivity index (χ0n) is 12.0. The summed E-state index contributed by atoms with van der Waals surface area (Å²) in [5, 5.41) is 6.98. The van der Waals surface area contributed by atoms with E-state index in [4.69, 9.17) is 4.52 Å². The Morgan fingerprint density at radius 2 is 2.05 bits per heavy atom. The van der Waals surface area contributed by atoms with Crippen LogP contribution in [-0.2, 0) is 4.79 Å². The van der Waals surface area contributed by atoms with Crippen LogP contribution >= 0.6 is 0 Å². The highest BCUT2D eigenvalue weighted by atomic mass is 16.5. The first-order valence-corrected chi connectivity index (χ1v) is 7.19. The molecule has 1 aromatic heterocycles. The van der Waals surface area contributed by atoms with Crippen molar-refractivity contribution in [2.24, 2.45) is 5.92 Å². The zero-order valence-corrected chi connectivity index (χ0v) is 12.0. The predicted octanol–water partition coefficient (Wildman–Crippen LogP) is -0.197. The lowest BCUT2D eigenvalue weighted by Gasteiger charge is -2.39. The van der Waals surface area contributed by atoms with Crippen molar-refractivity contribution < 1.29 is 9.32 Å². The predicted molar refractivity (Wildman–Crippen MR) is 72.0 cm³/mol. The molecule has 7 nitrogen and oxygen atoms in total. The molecule has 0 saturated carbocycles. The number of rotatable bonds is 3. The van der Waals surface area contributed by atoms with Gasteiger partial charge in [-0.3, -0.25) is 9.69 Å². The molecule has 1 atom stereocenters. The first kappa shape index (κ1) is 13.5.